The maximum absolute atomic E-state index is 5.57. The van der Waals surface area contributed by atoms with Crippen LogP contribution in [-0.4, -0.2) is 18.6 Å². The zero-order chi connectivity index (χ0) is 10.6. The number of likely N-dealkylation sites (N-methyl/N-ethyl adjacent to an activating group) is 1. The standard InChI is InChI=1S/C11H17N3/c1-4-7-14(3)11-6-5-10(8-12)9(2)13-11/h4-6H,1,7-8,12H2,2-3H3. The fourth-order valence-electron chi connectivity index (χ4n) is 1.29. The second kappa shape index (κ2) is 4.77. The van der Waals surface area contributed by atoms with Gasteiger partial charge in [0.25, 0.3) is 0 Å². The smallest absolute Gasteiger partial charge is 0.128 e. The van der Waals surface area contributed by atoms with Crippen LogP contribution < -0.4 is 10.6 Å². The Labute approximate surface area is 85.3 Å². The van der Waals surface area contributed by atoms with Crippen LogP contribution in [-0.2, 0) is 6.54 Å². The second-order valence-corrected chi connectivity index (χ2v) is 3.29. The Morgan fingerprint density at radius 1 is 1.57 bits per heavy atom. The summed E-state index contributed by atoms with van der Waals surface area (Å²) < 4.78 is 0. The van der Waals surface area contributed by atoms with E-state index in [1.54, 1.807) is 0 Å². The van der Waals surface area contributed by atoms with Crippen LogP contribution in [0.5, 0.6) is 0 Å². The van der Waals surface area contributed by atoms with E-state index in [0.29, 0.717) is 6.54 Å². The number of hydrogen-bond acceptors (Lipinski definition) is 3. The van der Waals surface area contributed by atoms with Gasteiger partial charge in [0.2, 0.25) is 0 Å². The number of nitrogens with zero attached hydrogens (tertiary/aromatic N) is 2. The molecule has 0 aliphatic rings. The Morgan fingerprint density at radius 3 is 2.79 bits per heavy atom. The maximum Gasteiger partial charge on any atom is 0.128 e. The van der Waals surface area contributed by atoms with Crippen molar-refractivity contribution < 1.29 is 0 Å². The summed E-state index contributed by atoms with van der Waals surface area (Å²) in [5, 5.41) is 0. The summed E-state index contributed by atoms with van der Waals surface area (Å²) in [4.78, 5) is 6.50. The number of anilines is 1. The van der Waals surface area contributed by atoms with E-state index in [2.05, 4.69) is 11.6 Å². The van der Waals surface area contributed by atoms with E-state index in [1.165, 1.54) is 0 Å². The van der Waals surface area contributed by atoms with Crippen molar-refractivity contribution in [3.05, 3.63) is 36.0 Å². The molecule has 0 aliphatic carbocycles. The van der Waals surface area contributed by atoms with Crippen LogP contribution in [0.3, 0.4) is 0 Å². The molecule has 1 heterocycles. The lowest BCUT2D eigenvalue weighted by molar-refractivity contribution is 0.950. The molecule has 0 aromatic carbocycles. The molecular weight excluding hydrogens is 174 g/mol. The summed E-state index contributed by atoms with van der Waals surface area (Å²) in [6, 6.07) is 4.01. The molecule has 1 aromatic heterocycles. The Bertz CT molecular complexity index is 320. The maximum atomic E-state index is 5.57. The molecule has 76 valence electrons. The quantitative estimate of drug-likeness (QED) is 0.733. The Balaban J connectivity index is 2.90. The van der Waals surface area contributed by atoms with Gasteiger partial charge in [-0.15, -0.1) is 6.58 Å². The summed E-state index contributed by atoms with van der Waals surface area (Å²) in [5.74, 6) is 0.958. The first-order chi connectivity index (χ1) is 6.69. The molecule has 0 fully saturated rings. The average molecular weight is 191 g/mol. The highest BCUT2D eigenvalue weighted by molar-refractivity contribution is 5.41. The number of aryl methyl sites for hydroxylation is 1. The Kier molecular flexibility index (Phi) is 3.65. The normalized spacial score (nSPS) is 9.93. The van der Waals surface area contributed by atoms with Crippen molar-refractivity contribution in [2.24, 2.45) is 5.73 Å². The third kappa shape index (κ3) is 2.33. The van der Waals surface area contributed by atoms with Gasteiger partial charge in [0, 0.05) is 25.8 Å². The summed E-state index contributed by atoms with van der Waals surface area (Å²) in [6.07, 6.45) is 1.86. The molecule has 14 heavy (non-hydrogen) atoms. The third-order valence-corrected chi connectivity index (χ3v) is 2.19. The molecule has 0 bridgehead atoms. The Hall–Kier alpha value is -1.35. The number of rotatable bonds is 4. The van der Waals surface area contributed by atoms with Crippen LogP contribution >= 0.6 is 0 Å². The van der Waals surface area contributed by atoms with E-state index in [1.807, 2.05) is 37.1 Å². The lowest BCUT2D eigenvalue weighted by Gasteiger charge is -2.17. The van der Waals surface area contributed by atoms with E-state index < -0.39 is 0 Å². The van der Waals surface area contributed by atoms with Crippen LogP contribution in [0.25, 0.3) is 0 Å². The van der Waals surface area contributed by atoms with E-state index in [9.17, 15) is 0 Å². The SMILES string of the molecule is C=CCN(C)c1ccc(CN)c(C)n1. The molecule has 2 N–H and O–H groups in total. The molecule has 0 saturated carbocycles. The topological polar surface area (TPSA) is 42.1 Å². The number of hydrogen-bond donors (Lipinski definition) is 1. The molecule has 1 rings (SSSR count). The number of pyridine rings is 1. The van der Waals surface area contributed by atoms with Crippen molar-refractivity contribution in [3.8, 4) is 0 Å². The van der Waals surface area contributed by atoms with Gasteiger partial charge in [-0.3, -0.25) is 0 Å². The van der Waals surface area contributed by atoms with E-state index in [-0.39, 0.29) is 0 Å². The van der Waals surface area contributed by atoms with E-state index >= 15 is 0 Å². The molecule has 0 amide bonds. The minimum atomic E-state index is 0.546. The minimum absolute atomic E-state index is 0.546. The number of aromatic nitrogens is 1. The van der Waals surface area contributed by atoms with Crippen LogP contribution in [0.2, 0.25) is 0 Å². The van der Waals surface area contributed by atoms with Gasteiger partial charge in [-0.05, 0) is 18.6 Å². The highest BCUT2D eigenvalue weighted by atomic mass is 15.2. The fourth-order valence-corrected chi connectivity index (χ4v) is 1.29. The fraction of sp³-hybridized carbons (Fsp3) is 0.364. The van der Waals surface area contributed by atoms with Crippen LogP contribution in [0, 0.1) is 6.92 Å². The van der Waals surface area contributed by atoms with Crippen molar-refractivity contribution in [1.82, 2.24) is 4.98 Å². The van der Waals surface area contributed by atoms with Gasteiger partial charge in [0.1, 0.15) is 5.82 Å². The molecule has 3 heteroatoms. The van der Waals surface area contributed by atoms with Gasteiger partial charge < -0.3 is 10.6 Å². The van der Waals surface area contributed by atoms with Gasteiger partial charge in [-0.1, -0.05) is 12.1 Å². The lowest BCUT2D eigenvalue weighted by Crippen LogP contribution is -2.18. The van der Waals surface area contributed by atoms with Gasteiger partial charge in [-0.2, -0.15) is 0 Å². The highest BCUT2D eigenvalue weighted by Gasteiger charge is 2.03. The first-order valence-corrected chi connectivity index (χ1v) is 4.67. The summed E-state index contributed by atoms with van der Waals surface area (Å²) >= 11 is 0. The summed E-state index contributed by atoms with van der Waals surface area (Å²) in [5.41, 5.74) is 7.66. The zero-order valence-corrected chi connectivity index (χ0v) is 8.83. The van der Waals surface area contributed by atoms with E-state index in [4.69, 9.17) is 5.73 Å². The summed E-state index contributed by atoms with van der Waals surface area (Å²) in [7, 11) is 1.99. The molecule has 1 aromatic rings. The molecule has 3 nitrogen and oxygen atoms in total. The van der Waals surface area contributed by atoms with Crippen molar-refractivity contribution in [2.45, 2.75) is 13.5 Å². The first kappa shape index (κ1) is 10.7. The highest BCUT2D eigenvalue weighted by Crippen LogP contribution is 2.12. The monoisotopic (exact) mass is 191 g/mol. The molecule has 0 saturated heterocycles. The van der Waals surface area contributed by atoms with Crippen molar-refractivity contribution in [2.75, 3.05) is 18.5 Å². The molecule has 0 atom stereocenters. The van der Waals surface area contributed by atoms with Crippen LogP contribution in [0.4, 0.5) is 5.82 Å². The lowest BCUT2D eigenvalue weighted by atomic mass is 10.2. The first-order valence-electron chi connectivity index (χ1n) is 4.67. The molecule has 0 aliphatic heterocycles. The predicted molar refractivity (Wildman–Crippen MR) is 60.3 cm³/mol. The van der Waals surface area contributed by atoms with Crippen molar-refractivity contribution in [1.29, 1.82) is 0 Å². The largest absolute Gasteiger partial charge is 0.356 e. The van der Waals surface area contributed by atoms with Gasteiger partial charge in [0.15, 0.2) is 0 Å². The predicted octanol–water partition coefficient (Wildman–Crippen LogP) is 1.47. The van der Waals surface area contributed by atoms with Crippen LogP contribution in [0.15, 0.2) is 24.8 Å². The zero-order valence-electron chi connectivity index (χ0n) is 8.83. The second-order valence-electron chi connectivity index (χ2n) is 3.29. The molecule has 0 spiro atoms. The van der Waals surface area contributed by atoms with Crippen molar-refractivity contribution in [3.63, 3.8) is 0 Å². The number of nitrogens with two attached hydrogens (primary N) is 1. The third-order valence-electron chi connectivity index (χ3n) is 2.19. The summed E-state index contributed by atoms with van der Waals surface area (Å²) in [6.45, 7) is 7.02. The Morgan fingerprint density at radius 2 is 2.29 bits per heavy atom. The minimum Gasteiger partial charge on any atom is -0.356 e. The van der Waals surface area contributed by atoms with E-state index in [0.717, 1.165) is 23.6 Å². The van der Waals surface area contributed by atoms with Gasteiger partial charge in [-0.25, -0.2) is 4.98 Å². The molecule has 0 unspecified atom stereocenters. The van der Waals surface area contributed by atoms with Gasteiger partial charge in [0.05, 0.1) is 0 Å². The molecule has 0 radical (unpaired) electrons. The van der Waals surface area contributed by atoms with Crippen molar-refractivity contribution >= 4 is 5.82 Å². The average Bonchev–Trinajstić information content (AvgIpc) is 2.18. The van der Waals surface area contributed by atoms with Gasteiger partial charge >= 0.3 is 0 Å². The van der Waals surface area contributed by atoms with Crippen LogP contribution in [0.1, 0.15) is 11.3 Å². The molecular formula is C11H17N3.